The van der Waals surface area contributed by atoms with Gasteiger partial charge >= 0.3 is 0 Å². The van der Waals surface area contributed by atoms with Crippen LogP contribution in [0.1, 0.15) is 32.1 Å². The molecule has 0 spiro atoms. The van der Waals surface area contributed by atoms with Gasteiger partial charge in [-0.2, -0.15) is 11.8 Å². The Morgan fingerprint density at radius 3 is 2.79 bits per heavy atom. The molecule has 1 aliphatic rings. The molecule has 2 rings (SSSR count). The Balaban J connectivity index is 2.13. The minimum Gasteiger partial charge on any atom is -0.451 e. The molecule has 108 valence electrons. The average molecular weight is 412 g/mol. The van der Waals surface area contributed by atoms with Crippen LogP contribution in [0, 0.1) is 0 Å². The Hall–Kier alpha value is 0.510. The van der Waals surface area contributed by atoms with Crippen LogP contribution in [-0.4, -0.2) is 35.0 Å². The lowest BCUT2D eigenvalue weighted by molar-refractivity contribution is 0.186. The molecule has 0 amide bonds. The van der Waals surface area contributed by atoms with Crippen molar-refractivity contribution >= 4 is 43.6 Å². The predicted molar refractivity (Wildman–Crippen MR) is 88.6 cm³/mol. The standard InChI is InChI=1S/C13H20Br2N2OS/c1-13(2)3-4-17(5-6-19-13)10(8-16)11-7-9(14)12(15)18-11/h7,10H,3-6,8,16H2,1-2H3. The Morgan fingerprint density at radius 2 is 2.21 bits per heavy atom. The number of hydrogen-bond donors (Lipinski definition) is 1. The van der Waals surface area contributed by atoms with E-state index in [1.54, 1.807) is 0 Å². The Labute approximate surface area is 135 Å². The second-order valence-electron chi connectivity index (χ2n) is 5.42. The maximum absolute atomic E-state index is 5.97. The van der Waals surface area contributed by atoms with Crippen LogP contribution in [0.15, 0.2) is 19.6 Å². The van der Waals surface area contributed by atoms with Gasteiger partial charge in [-0.05, 0) is 44.3 Å². The summed E-state index contributed by atoms with van der Waals surface area (Å²) < 4.78 is 7.80. The van der Waals surface area contributed by atoms with Crippen molar-refractivity contribution in [3.05, 3.63) is 21.0 Å². The SMILES string of the molecule is CC1(C)CCN(C(CN)c2cc(Br)c(Br)o2)CCS1. The maximum Gasteiger partial charge on any atom is 0.183 e. The van der Waals surface area contributed by atoms with Crippen LogP contribution in [0.25, 0.3) is 0 Å². The summed E-state index contributed by atoms with van der Waals surface area (Å²) in [4.78, 5) is 2.44. The van der Waals surface area contributed by atoms with E-state index in [4.69, 9.17) is 10.2 Å². The number of nitrogens with two attached hydrogens (primary N) is 1. The molecule has 1 saturated heterocycles. The third-order valence-corrected chi connectivity index (χ3v) is 6.61. The molecule has 2 heterocycles. The van der Waals surface area contributed by atoms with E-state index in [1.807, 2.05) is 17.8 Å². The van der Waals surface area contributed by atoms with Crippen molar-refractivity contribution in [1.29, 1.82) is 0 Å². The van der Waals surface area contributed by atoms with Crippen molar-refractivity contribution < 1.29 is 4.42 Å². The molecule has 0 saturated carbocycles. The summed E-state index contributed by atoms with van der Waals surface area (Å²) >= 11 is 8.91. The molecule has 0 aromatic carbocycles. The summed E-state index contributed by atoms with van der Waals surface area (Å²) in [6, 6.07) is 2.18. The van der Waals surface area contributed by atoms with Crippen LogP contribution in [-0.2, 0) is 0 Å². The molecule has 0 aliphatic carbocycles. The monoisotopic (exact) mass is 410 g/mol. The lowest BCUT2D eigenvalue weighted by Gasteiger charge is -2.28. The highest BCUT2D eigenvalue weighted by Gasteiger charge is 2.29. The van der Waals surface area contributed by atoms with E-state index in [0.717, 1.165) is 33.7 Å². The highest BCUT2D eigenvalue weighted by Crippen LogP contribution is 2.36. The van der Waals surface area contributed by atoms with Gasteiger partial charge in [0.2, 0.25) is 0 Å². The number of rotatable bonds is 3. The van der Waals surface area contributed by atoms with E-state index in [0.29, 0.717) is 11.3 Å². The van der Waals surface area contributed by atoms with Crippen LogP contribution in [0.4, 0.5) is 0 Å². The number of halogens is 2. The van der Waals surface area contributed by atoms with Gasteiger partial charge in [0, 0.05) is 30.1 Å². The van der Waals surface area contributed by atoms with Crippen molar-refractivity contribution in [1.82, 2.24) is 4.90 Å². The van der Waals surface area contributed by atoms with Crippen LogP contribution in [0.2, 0.25) is 0 Å². The van der Waals surface area contributed by atoms with Gasteiger partial charge in [0.05, 0.1) is 10.5 Å². The van der Waals surface area contributed by atoms with Gasteiger partial charge in [-0.25, -0.2) is 0 Å². The summed E-state index contributed by atoms with van der Waals surface area (Å²) in [5.74, 6) is 2.08. The maximum atomic E-state index is 5.97. The first-order valence-electron chi connectivity index (χ1n) is 6.46. The molecule has 1 unspecified atom stereocenters. The van der Waals surface area contributed by atoms with E-state index in [9.17, 15) is 0 Å². The molecular weight excluding hydrogens is 392 g/mol. The quantitative estimate of drug-likeness (QED) is 0.815. The fraction of sp³-hybridized carbons (Fsp3) is 0.692. The number of hydrogen-bond acceptors (Lipinski definition) is 4. The van der Waals surface area contributed by atoms with Crippen LogP contribution in [0.5, 0.6) is 0 Å². The zero-order valence-electron chi connectivity index (χ0n) is 11.3. The highest BCUT2D eigenvalue weighted by molar-refractivity contribution is 9.13. The first-order valence-corrected chi connectivity index (χ1v) is 9.03. The normalized spacial score (nSPS) is 22.2. The van der Waals surface area contributed by atoms with Gasteiger partial charge in [-0.15, -0.1) is 0 Å². The topological polar surface area (TPSA) is 42.4 Å². The largest absolute Gasteiger partial charge is 0.451 e. The molecular formula is C13H20Br2N2OS. The van der Waals surface area contributed by atoms with Crippen LogP contribution >= 0.6 is 43.6 Å². The zero-order chi connectivity index (χ0) is 14.0. The van der Waals surface area contributed by atoms with Crippen molar-refractivity contribution in [2.45, 2.75) is 31.1 Å². The number of furan rings is 1. The van der Waals surface area contributed by atoms with Gasteiger partial charge in [0.15, 0.2) is 4.67 Å². The molecule has 1 aromatic rings. The van der Waals surface area contributed by atoms with E-state index in [1.165, 1.54) is 6.42 Å². The highest BCUT2D eigenvalue weighted by atomic mass is 79.9. The van der Waals surface area contributed by atoms with Gasteiger partial charge in [0.1, 0.15) is 5.76 Å². The van der Waals surface area contributed by atoms with Gasteiger partial charge in [0.25, 0.3) is 0 Å². The summed E-state index contributed by atoms with van der Waals surface area (Å²) in [5.41, 5.74) is 5.97. The molecule has 1 aromatic heterocycles. The molecule has 0 radical (unpaired) electrons. The molecule has 1 atom stereocenters. The Kier molecular flexibility index (Phi) is 5.45. The van der Waals surface area contributed by atoms with Gasteiger partial charge in [-0.1, -0.05) is 13.8 Å². The second kappa shape index (κ2) is 6.52. The Morgan fingerprint density at radius 1 is 1.47 bits per heavy atom. The van der Waals surface area contributed by atoms with Gasteiger partial charge in [-0.3, -0.25) is 4.90 Å². The number of nitrogens with zero attached hydrogens (tertiary/aromatic N) is 1. The number of thioether (sulfide) groups is 1. The molecule has 6 heteroatoms. The summed E-state index contributed by atoms with van der Waals surface area (Å²) in [7, 11) is 0. The van der Waals surface area contributed by atoms with Crippen molar-refractivity contribution in [2.24, 2.45) is 5.73 Å². The minimum atomic E-state index is 0.164. The lowest BCUT2D eigenvalue weighted by Crippen LogP contribution is -2.35. The fourth-order valence-corrected chi connectivity index (χ4v) is 4.04. The summed E-state index contributed by atoms with van der Waals surface area (Å²) in [5, 5.41) is 0. The first-order chi connectivity index (χ1) is 8.93. The van der Waals surface area contributed by atoms with E-state index < -0.39 is 0 Å². The smallest absolute Gasteiger partial charge is 0.183 e. The van der Waals surface area contributed by atoms with Crippen LogP contribution in [0.3, 0.4) is 0 Å². The van der Waals surface area contributed by atoms with Gasteiger partial charge < -0.3 is 10.2 Å². The Bertz CT molecular complexity index is 417. The molecule has 2 N–H and O–H groups in total. The van der Waals surface area contributed by atoms with Crippen molar-refractivity contribution in [2.75, 3.05) is 25.4 Å². The summed E-state index contributed by atoms with van der Waals surface area (Å²) in [6.45, 7) is 7.35. The third-order valence-electron chi connectivity index (χ3n) is 3.53. The molecule has 1 fully saturated rings. The zero-order valence-corrected chi connectivity index (χ0v) is 15.3. The van der Waals surface area contributed by atoms with Crippen LogP contribution < -0.4 is 5.73 Å². The third kappa shape index (κ3) is 4.00. The fourth-order valence-electron chi connectivity index (χ4n) is 2.32. The molecule has 19 heavy (non-hydrogen) atoms. The van der Waals surface area contributed by atoms with E-state index >= 15 is 0 Å². The molecule has 1 aliphatic heterocycles. The molecule has 3 nitrogen and oxygen atoms in total. The van der Waals surface area contributed by atoms with Crippen molar-refractivity contribution in [3.63, 3.8) is 0 Å². The minimum absolute atomic E-state index is 0.164. The first kappa shape index (κ1) is 15.9. The molecule has 0 bridgehead atoms. The average Bonchev–Trinajstić information content (AvgIpc) is 2.56. The second-order valence-corrected chi connectivity index (χ2v) is 8.79. The van der Waals surface area contributed by atoms with Crippen molar-refractivity contribution in [3.8, 4) is 0 Å². The summed E-state index contributed by atoms with van der Waals surface area (Å²) in [6.07, 6.45) is 1.18. The lowest BCUT2D eigenvalue weighted by atomic mass is 10.1. The van der Waals surface area contributed by atoms with E-state index in [2.05, 4.69) is 50.6 Å². The predicted octanol–water partition coefficient (Wildman–Crippen LogP) is 4.02. The van der Waals surface area contributed by atoms with E-state index in [-0.39, 0.29) is 6.04 Å².